The van der Waals surface area contributed by atoms with Crippen molar-refractivity contribution in [1.29, 1.82) is 0 Å². The summed E-state index contributed by atoms with van der Waals surface area (Å²) in [7, 11) is -1.85. The maximum atomic E-state index is 13.0. The van der Waals surface area contributed by atoms with E-state index in [0.29, 0.717) is 29.7 Å². The second kappa shape index (κ2) is 7.96. The summed E-state index contributed by atoms with van der Waals surface area (Å²) in [5.74, 6) is 0.993. The van der Waals surface area contributed by atoms with Gasteiger partial charge in [-0.15, -0.1) is 0 Å². The summed E-state index contributed by atoms with van der Waals surface area (Å²) < 4.78 is 33.6. The fourth-order valence-electron chi connectivity index (χ4n) is 4.84. The Kier molecular flexibility index (Phi) is 5.31. The molecule has 6 nitrogen and oxygen atoms in total. The first kappa shape index (κ1) is 20.0. The van der Waals surface area contributed by atoms with Gasteiger partial charge >= 0.3 is 0 Å². The van der Waals surface area contributed by atoms with Crippen LogP contribution in [0.2, 0.25) is 0 Å². The number of ether oxygens (including phenoxy) is 1. The van der Waals surface area contributed by atoms with Gasteiger partial charge in [-0.2, -0.15) is 4.31 Å². The molecule has 160 valence electrons. The van der Waals surface area contributed by atoms with Crippen LogP contribution >= 0.6 is 0 Å². The van der Waals surface area contributed by atoms with Crippen molar-refractivity contribution >= 4 is 10.0 Å². The number of hydrogen-bond acceptors (Lipinski definition) is 5. The lowest BCUT2D eigenvalue weighted by Gasteiger charge is -2.23. The normalized spacial score (nSPS) is 21.5. The van der Waals surface area contributed by atoms with Crippen molar-refractivity contribution in [3.8, 4) is 5.75 Å². The van der Waals surface area contributed by atoms with Gasteiger partial charge in [-0.1, -0.05) is 30.3 Å². The van der Waals surface area contributed by atoms with E-state index < -0.39 is 10.0 Å². The summed E-state index contributed by atoms with van der Waals surface area (Å²) in [5.41, 5.74) is 4.71. The van der Waals surface area contributed by atoms with Crippen LogP contribution in [0.15, 0.2) is 41.3 Å². The average molecular weight is 428 g/mol. The molecular formula is C23H29N3O3S. The van der Waals surface area contributed by atoms with Crippen LogP contribution in [-0.2, 0) is 36.2 Å². The zero-order valence-corrected chi connectivity index (χ0v) is 18.2. The zero-order chi connectivity index (χ0) is 20.7. The number of sulfonamides is 1. The van der Waals surface area contributed by atoms with Crippen molar-refractivity contribution in [2.24, 2.45) is 5.92 Å². The Labute approximate surface area is 178 Å². The van der Waals surface area contributed by atoms with Gasteiger partial charge in [0.15, 0.2) is 0 Å². The first-order chi connectivity index (χ1) is 14.5. The van der Waals surface area contributed by atoms with E-state index in [2.05, 4.69) is 40.5 Å². The van der Waals surface area contributed by atoms with Crippen LogP contribution in [0.3, 0.4) is 0 Å². The van der Waals surface area contributed by atoms with Gasteiger partial charge in [0, 0.05) is 33.2 Å². The lowest BCUT2D eigenvalue weighted by Crippen LogP contribution is -2.30. The predicted molar refractivity (Wildman–Crippen MR) is 116 cm³/mol. The number of hydrogen-bond donors (Lipinski definition) is 1. The average Bonchev–Trinajstić information content (AvgIpc) is 3.26. The molecule has 3 aliphatic rings. The Balaban J connectivity index is 1.39. The van der Waals surface area contributed by atoms with E-state index in [1.54, 1.807) is 7.05 Å². The predicted octanol–water partition coefficient (Wildman–Crippen LogP) is 2.71. The maximum absolute atomic E-state index is 13.0. The molecule has 1 saturated heterocycles. The van der Waals surface area contributed by atoms with Crippen LogP contribution in [0.5, 0.6) is 5.75 Å². The molecule has 0 bridgehead atoms. The van der Waals surface area contributed by atoms with E-state index in [9.17, 15) is 8.42 Å². The molecule has 2 aromatic rings. The molecule has 0 amide bonds. The molecule has 0 atom stereocenters. The molecule has 0 saturated carbocycles. The van der Waals surface area contributed by atoms with Crippen LogP contribution in [0.4, 0.5) is 0 Å². The second-order valence-corrected chi connectivity index (χ2v) is 10.7. The van der Waals surface area contributed by atoms with Gasteiger partial charge in [-0.05, 0) is 60.2 Å². The van der Waals surface area contributed by atoms with Crippen LogP contribution in [0.25, 0.3) is 0 Å². The highest BCUT2D eigenvalue weighted by molar-refractivity contribution is 7.89. The Morgan fingerprint density at radius 3 is 2.43 bits per heavy atom. The molecule has 3 aliphatic heterocycles. The molecule has 5 rings (SSSR count). The van der Waals surface area contributed by atoms with Crippen LogP contribution < -0.4 is 10.1 Å². The molecular weight excluding hydrogens is 398 g/mol. The summed E-state index contributed by atoms with van der Waals surface area (Å²) in [5, 5.41) is 3.36. The minimum Gasteiger partial charge on any atom is -0.492 e. The maximum Gasteiger partial charge on any atom is 0.247 e. The van der Waals surface area contributed by atoms with Crippen molar-refractivity contribution in [1.82, 2.24) is 14.5 Å². The Hall–Kier alpha value is -1.93. The number of rotatable bonds is 5. The van der Waals surface area contributed by atoms with Crippen molar-refractivity contribution in [3.63, 3.8) is 0 Å². The molecule has 0 radical (unpaired) electrons. The second-order valence-electron chi connectivity index (χ2n) is 8.71. The van der Waals surface area contributed by atoms with Gasteiger partial charge in [-0.3, -0.25) is 4.90 Å². The van der Waals surface area contributed by atoms with Gasteiger partial charge in [0.1, 0.15) is 10.6 Å². The standard InChI is InChI=1S/C23H29N3O3S/c1-25-15-21-20(14-26-12-18-4-2-3-5-19(18)13-26)6-7-22(23(21)30(25,27)28)29-16-17-8-10-24-11-9-17/h2-7,17,24H,8-16H2,1H3. The third-order valence-corrected chi connectivity index (χ3v) is 8.52. The minimum absolute atomic E-state index is 0.383. The van der Waals surface area contributed by atoms with Gasteiger partial charge in [0.2, 0.25) is 10.0 Å². The SMILES string of the molecule is CN1Cc2c(CN3Cc4ccccc4C3)ccc(OCC3CCNCC3)c2S1(=O)=O. The summed E-state index contributed by atoms with van der Waals surface area (Å²) in [4.78, 5) is 2.76. The number of benzene rings is 2. The molecule has 7 heteroatoms. The fraction of sp³-hybridized carbons (Fsp3) is 0.478. The lowest BCUT2D eigenvalue weighted by molar-refractivity contribution is 0.210. The van der Waals surface area contributed by atoms with Gasteiger partial charge < -0.3 is 10.1 Å². The fourth-order valence-corrected chi connectivity index (χ4v) is 6.34. The van der Waals surface area contributed by atoms with Crippen LogP contribution in [0, 0.1) is 5.92 Å². The van der Waals surface area contributed by atoms with E-state index in [4.69, 9.17) is 4.74 Å². The third-order valence-electron chi connectivity index (χ3n) is 6.60. The molecule has 30 heavy (non-hydrogen) atoms. The van der Waals surface area contributed by atoms with Crippen molar-refractivity contribution in [2.75, 3.05) is 26.7 Å². The molecule has 0 aromatic heterocycles. The number of fused-ring (bicyclic) bond motifs is 2. The van der Waals surface area contributed by atoms with E-state index in [-0.39, 0.29) is 0 Å². The highest BCUT2D eigenvalue weighted by Crippen LogP contribution is 2.40. The first-order valence-electron chi connectivity index (χ1n) is 10.8. The van der Waals surface area contributed by atoms with Crippen LogP contribution in [-0.4, -0.2) is 44.4 Å². The summed E-state index contributed by atoms with van der Waals surface area (Å²) in [6.07, 6.45) is 2.14. The van der Waals surface area contributed by atoms with E-state index in [1.807, 2.05) is 6.07 Å². The monoisotopic (exact) mass is 427 g/mol. The lowest BCUT2D eigenvalue weighted by atomic mass is 9.99. The summed E-state index contributed by atoms with van der Waals surface area (Å²) in [6, 6.07) is 12.4. The highest BCUT2D eigenvalue weighted by atomic mass is 32.2. The number of nitrogens with zero attached hydrogens (tertiary/aromatic N) is 2. The molecule has 1 N–H and O–H groups in total. The Bertz CT molecular complexity index is 1020. The minimum atomic E-state index is -3.50. The van der Waals surface area contributed by atoms with Crippen molar-refractivity contribution in [3.05, 3.63) is 58.7 Å². The van der Waals surface area contributed by atoms with E-state index in [1.165, 1.54) is 15.4 Å². The van der Waals surface area contributed by atoms with Gasteiger partial charge in [0.25, 0.3) is 0 Å². The van der Waals surface area contributed by atoms with E-state index in [0.717, 1.165) is 56.7 Å². The Morgan fingerprint density at radius 2 is 1.73 bits per heavy atom. The molecule has 0 aliphatic carbocycles. The molecule has 0 unspecified atom stereocenters. The number of nitrogens with one attached hydrogen (secondary N) is 1. The van der Waals surface area contributed by atoms with Gasteiger partial charge in [-0.25, -0.2) is 8.42 Å². The van der Waals surface area contributed by atoms with E-state index >= 15 is 0 Å². The van der Waals surface area contributed by atoms with Crippen molar-refractivity contribution < 1.29 is 13.2 Å². The quantitative estimate of drug-likeness (QED) is 0.795. The number of piperidine rings is 1. The first-order valence-corrected chi connectivity index (χ1v) is 12.2. The zero-order valence-electron chi connectivity index (χ0n) is 17.4. The molecule has 1 fully saturated rings. The van der Waals surface area contributed by atoms with Crippen molar-refractivity contribution in [2.45, 2.75) is 43.9 Å². The summed E-state index contributed by atoms with van der Waals surface area (Å²) in [6.45, 7) is 5.55. The molecule has 0 spiro atoms. The molecule has 3 heterocycles. The largest absolute Gasteiger partial charge is 0.492 e. The van der Waals surface area contributed by atoms with Gasteiger partial charge in [0.05, 0.1) is 6.61 Å². The topological polar surface area (TPSA) is 61.9 Å². The molecule has 2 aromatic carbocycles. The van der Waals surface area contributed by atoms with Crippen LogP contribution in [0.1, 0.15) is 35.1 Å². The Morgan fingerprint density at radius 1 is 1.03 bits per heavy atom. The third kappa shape index (κ3) is 3.64. The highest BCUT2D eigenvalue weighted by Gasteiger charge is 2.37. The summed E-state index contributed by atoms with van der Waals surface area (Å²) >= 11 is 0. The smallest absolute Gasteiger partial charge is 0.247 e.